The topological polar surface area (TPSA) is 86.7 Å². The maximum Gasteiger partial charge on any atom is 0.307 e. The lowest BCUT2D eigenvalue weighted by atomic mass is 9.73. The number of nitrogens with zero attached hydrogens (tertiary/aromatic N) is 1. The first-order chi connectivity index (χ1) is 9.51. The van der Waals surface area contributed by atoms with Crippen LogP contribution in [0.3, 0.4) is 0 Å². The van der Waals surface area contributed by atoms with Gasteiger partial charge in [0.05, 0.1) is 18.4 Å². The fourth-order valence-corrected chi connectivity index (χ4v) is 2.36. The number of rotatable bonds is 8. The summed E-state index contributed by atoms with van der Waals surface area (Å²) in [5.74, 6) is -2.34. The summed E-state index contributed by atoms with van der Waals surface area (Å²) < 4.78 is 0. The van der Waals surface area contributed by atoms with Crippen molar-refractivity contribution < 1.29 is 19.5 Å². The highest BCUT2D eigenvalue weighted by Gasteiger charge is 2.43. The van der Waals surface area contributed by atoms with Crippen molar-refractivity contribution in [3.8, 4) is 0 Å². The van der Waals surface area contributed by atoms with Crippen molar-refractivity contribution in [1.29, 1.82) is 0 Å². The molecule has 1 aliphatic rings. The molecule has 0 aromatic rings. The quantitative estimate of drug-likeness (QED) is 0.692. The van der Waals surface area contributed by atoms with E-state index in [0.717, 1.165) is 12.8 Å². The minimum atomic E-state index is -0.915. The number of hydrogen-bond acceptors (Lipinski definition) is 3. The van der Waals surface area contributed by atoms with Gasteiger partial charge in [-0.25, -0.2) is 0 Å². The SMILES string of the molecule is CCCNC(=O)CN(CCC)C(=O)C1CCC1C(=O)O. The molecule has 0 aromatic heterocycles. The molecule has 1 fully saturated rings. The number of nitrogens with one attached hydrogen (secondary N) is 1. The lowest BCUT2D eigenvalue weighted by molar-refractivity contribution is -0.157. The molecular formula is C14H24N2O4. The number of carboxylic acid groups (broad SMARTS) is 1. The van der Waals surface area contributed by atoms with E-state index < -0.39 is 17.8 Å². The molecule has 2 N–H and O–H groups in total. The van der Waals surface area contributed by atoms with E-state index in [4.69, 9.17) is 5.11 Å². The van der Waals surface area contributed by atoms with Crippen molar-refractivity contribution in [2.75, 3.05) is 19.6 Å². The first-order valence-electron chi connectivity index (χ1n) is 7.29. The molecule has 2 atom stereocenters. The van der Waals surface area contributed by atoms with Gasteiger partial charge in [-0.05, 0) is 25.7 Å². The second kappa shape index (κ2) is 7.87. The second-order valence-corrected chi connectivity index (χ2v) is 5.24. The van der Waals surface area contributed by atoms with Crippen molar-refractivity contribution in [3.63, 3.8) is 0 Å². The first kappa shape index (κ1) is 16.5. The van der Waals surface area contributed by atoms with E-state index in [1.807, 2.05) is 13.8 Å². The van der Waals surface area contributed by atoms with Crippen LogP contribution in [0.4, 0.5) is 0 Å². The van der Waals surface area contributed by atoms with Crippen LogP contribution in [0.2, 0.25) is 0 Å². The predicted molar refractivity (Wildman–Crippen MR) is 74.0 cm³/mol. The van der Waals surface area contributed by atoms with Crippen molar-refractivity contribution in [1.82, 2.24) is 10.2 Å². The Bertz CT molecular complexity index is 370. The van der Waals surface area contributed by atoms with E-state index in [1.165, 1.54) is 4.90 Å². The van der Waals surface area contributed by atoms with Gasteiger partial charge in [0.1, 0.15) is 0 Å². The number of carbonyl (C=O) groups excluding carboxylic acids is 2. The van der Waals surface area contributed by atoms with Gasteiger partial charge >= 0.3 is 5.97 Å². The van der Waals surface area contributed by atoms with E-state index in [-0.39, 0.29) is 18.4 Å². The van der Waals surface area contributed by atoms with Crippen LogP contribution < -0.4 is 5.32 Å². The maximum atomic E-state index is 12.3. The van der Waals surface area contributed by atoms with Gasteiger partial charge in [-0.3, -0.25) is 14.4 Å². The van der Waals surface area contributed by atoms with E-state index in [2.05, 4.69) is 5.32 Å². The minimum absolute atomic E-state index is 0.0233. The number of carboxylic acids is 1. The molecule has 0 bridgehead atoms. The highest BCUT2D eigenvalue weighted by atomic mass is 16.4. The lowest BCUT2D eigenvalue weighted by Gasteiger charge is -2.36. The lowest BCUT2D eigenvalue weighted by Crippen LogP contribution is -2.49. The Hall–Kier alpha value is -1.59. The monoisotopic (exact) mass is 284 g/mol. The van der Waals surface area contributed by atoms with Crippen molar-refractivity contribution in [2.24, 2.45) is 11.8 Å². The van der Waals surface area contributed by atoms with Gasteiger partial charge in [0.25, 0.3) is 0 Å². The largest absolute Gasteiger partial charge is 0.481 e. The van der Waals surface area contributed by atoms with Gasteiger partial charge in [-0.15, -0.1) is 0 Å². The molecular weight excluding hydrogens is 260 g/mol. The zero-order valence-electron chi connectivity index (χ0n) is 12.2. The zero-order valence-corrected chi connectivity index (χ0v) is 12.2. The van der Waals surface area contributed by atoms with Gasteiger partial charge < -0.3 is 15.3 Å². The normalized spacial score (nSPS) is 20.9. The van der Waals surface area contributed by atoms with Gasteiger partial charge in [0, 0.05) is 13.1 Å². The highest BCUT2D eigenvalue weighted by molar-refractivity contribution is 5.89. The molecule has 20 heavy (non-hydrogen) atoms. The summed E-state index contributed by atoms with van der Waals surface area (Å²) in [6, 6.07) is 0. The van der Waals surface area contributed by atoms with E-state index >= 15 is 0 Å². The summed E-state index contributed by atoms with van der Waals surface area (Å²) >= 11 is 0. The van der Waals surface area contributed by atoms with Crippen LogP contribution in [0.15, 0.2) is 0 Å². The van der Waals surface area contributed by atoms with Crippen LogP contribution in [0.5, 0.6) is 0 Å². The Balaban J connectivity index is 2.58. The molecule has 0 heterocycles. The van der Waals surface area contributed by atoms with Gasteiger partial charge in [0.2, 0.25) is 11.8 Å². The number of carbonyl (C=O) groups is 3. The summed E-state index contributed by atoms with van der Waals surface area (Å²) in [7, 11) is 0. The van der Waals surface area contributed by atoms with E-state index in [0.29, 0.717) is 25.9 Å². The molecule has 6 heteroatoms. The molecule has 0 aliphatic heterocycles. The van der Waals surface area contributed by atoms with Crippen LogP contribution >= 0.6 is 0 Å². The molecule has 1 aliphatic carbocycles. The average Bonchev–Trinajstić information content (AvgIpc) is 2.33. The van der Waals surface area contributed by atoms with Crippen molar-refractivity contribution in [3.05, 3.63) is 0 Å². The summed E-state index contributed by atoms with van der Waals surface area (Å²) in [6.07, 6.45) is 2.74. The van der Waals surface area contributed by atoms with Crippen LogP contribution in [-0.4, -0.2) is 47.4 Å². The third-order valence-corrected chi connectivity index (χ3v) is 3.62. The molecule has 6 nitrogen and oxygen atoms in total. The molecule has 1 rings (SSSR count). The Kier molecular flexibility index (Phi) is 6.48. The standard InChI is InChI=1S/C14H24N2O4/c1-3-7-15-12(17)9-16(8-4-2)13(18)10-5-6-11(10)14(19)20/h10-11H,3-9H2,1-2H3,(H,15,17)(H,19,20). The Morgan fingerprint density at radius 2 is 1.80 bits per heavy atom. The molecule has 0 aromatic carbocycles. The third kappa shape index (κ3) is 4.21. The van der Waals surface area contributed by atoms with Crippen LogP contribution in [-0.2, 0) is 14.4 Å². The van der Waals surface area contributed by atoms with Crippen LogP contribution in [0.25, 0.3) is 0 Å². The maximum absolute atomic E-state index is 12.3. The molecule has 0 radical (unpaired) electrons. The number of aliphatic carboxylic acids is 1. The smallest absolute Gasteiger partial charge is 0.307 e. The molecule has 2 amide bonds. The zero-order chi connectivity index (χ0) is 15.1. The van der Waals surface area contributed by atoms with Gasteiger partial charge in [-0.2, -0.15) is 0 Å². The fraction of sp³-hybridized carbons (Fsp3) is 0.786. The number of amides is 2. The van der Waals surface area contributed by atoms with Crippen LogP contribution in [0, 0.1) is 11.8 Å². The summed E-state index contributed by atoms with van der Waals surface area (Å²) in [5.41, 5.74) is 0. The summed E-state index contributed by atoms with van der Waals surface area (Å²) in [6.45, 7) is 4.99. The van der Waals surface area contributed by atoms with Crippen molar-refractivity contribution >= 4 is 17.8 Å². The molecule has 2 unspecified atom stereocenters. The third-order valence-electron chi connectivity index (χ3n) is 3.62. The summed E-state index contributed by atoms with van der Waals surface area (Å²) in [4.78, 5) is 36.5. The Morgan fingerprint density at radius 3 is 2.25 bits per heavy atom. The predicted octanol–water partition coefficient (Wildman–Crippen LogP) is 0.862. The Labute approximate surface area is 119 Å². The summed E-state index contributed by atoms with van der Waals surface area (Å²) in [5, 5.41) is 11.7. The minimum Gasteiger partial charge on any atom is -0.481 e. The molecule has 114 valence electrons. The van der Waals surface area contributed by atoms with Gasteiger partial charge in [-0.1, -0.05) is 13.8 Å². The number of hydrogen-bond donors (Lipinski definition) is 2. The van der Waals surface area contributed by atoms with E-state index in [9.17, 15) is 14.4 Å². The molecule has 1 saturated carbocycles. The Morgan fingerprint density at radius 1 is 1.15 bits per heavy atom. The highest BCUT2D eigenvalue weighted by Crippen LogP contribution is 2.35. The second-order valence-electron chi connectivity index (χ2n) is 5.24. The van der Waals surface area contributed by atoms with E-state index in [1.54, 1.807) is 0 Å². The van der Waals surface area contributed by atoms with Crippen LogP contribution in [0.1, 0.15) is 39.5 Å². The first-order valence-corrected chi connectivity index (χ1v) is 7.29. The molecule has 0 saturated heterocycles. The van der Waals surface area contributed by atoms with Gasteiger partial charge in [0.15, 0.2) is 0 Å². The average molecular weight is 284 g/mol. The van der Waals surface area contributed by atoms with Crippen molar-refractivity contribution in [2.45, 2.75) is 39.5 Å². The molecule has 0 spiro atoms. The fourth-order valence-electron chi connectivity index (χ4n) is 2.36.